The second kappa shape index (κ2) is 8.32. The molecule has 1 fully saturated rings. The second-order valence-electron chi connectivity index (χ2n) is 6.85. The summed E-state index contributed by atoms with van der Waals surface area (Å²) in [6.07, 6.45) is 1.63. The number of carbonyl (C=O) groups excluding carboxylic acids is 1. The Balaban J connectivity index is 1.41. The maximum Gasteiger partial charge on any atom is 0.234 e. The van der Waals surface area contributed by atoms with Crippen LogP contribution in [0.5, 0.6) is 0 Å². The summed E-state index contributed by atoms with van der Waals surface area (Å²) in [5.41, 5.74) is 2.66. The van der Waals surface area contributed by atoms with Crippen molar-refractivity contribution >= 4 is 5.91 Å². The van der Waals surface area contributed by atoms with Gasteiger partial charge in [-0.3, -0.25) is 14.6 Å². The van der Waals surface area contributed by atoms with Gasteiger partial charge in [-0.2, -0.15) is 0 Å². The topological polar surface area (TPSA) is 48.7 Å². The molecule has 5 heteroatoms. The standard InChI is InChI=1S/C20H27N3O2/c1-16-5-3-6-18(13-16)14-22-8-10-23(11-9-22)15-20(24)21-17(2)19-7-4-12-25-19/h3-7,12-13,17H,8-11,14-15H2,1-2H3,(H,21,24)/t17-/m1/s1. The van der Waals surface area contributed by atoms with Gasteiger partial charge >= 0.3 is 0 Å². The van der Waals surface area contributed by atoms with Crippen LogP contribution in [0.25, 0.3) is 0 Å². The molecule has 2 aromatic rings. The highest BCUT2D eigenvalue weighted by Gasteiger charge is 2.20. The highest BCUT2D eigenvalue weighted by molar-refractivity contribution is 5.78. The normalized spacial score (nSPS) is 17.4. The van der Waals surface area contributed by atoms with Gasteiger partial charge in [-0.15, -0.1) is 0 Å². The maximum absolute atomic E-state index is 12.2. The lowest BCUT2D eigenvalue weighted by Crippen LogP contribution is -2.49. The van der Waals surface area contributed by atoms with E-state index in [0.717, 1.165) is 38.5 Å². The number of furan rings is 1. The van der Waals surface area contributed by atoms with Crippen LogP contribution in [0.4, 0.5) is 0 Å². The molecule has 1 amide bonds. The van der Waals surface area contributed by atoms with Gasteiger partial charge in [0, 0.05) is 32.7 Å². The van der Waals surface area contributed by atoms with Gasteiger partial charge in [-0.25, -0.2) is 0 Å². The minimum absolute atomic E-state index is 0.0519. The van der Waals surface area contributed by atoms with E-state index in [1.807, 2.05) is 19.1 Å². The van der Waals surface area contributed by atoms with Crippen LogP contribution in [0.3, 0.4) is 0 Å². The molecule has 1 aliphatic heterocycles. The summed E-state index contributed by atoms with van der Waals surface area (Å²) in [6, 6.07) is 12.3. The van der Waals surface area contributed by atoms with Crippen LogP contribution in [0, 0.1) is 6.92 Å². The van der Waals surface area contributed by atoms with E-state index in [1.54, 1.807) is 6.26 Å². The van der Waals surface area contributed by atoms with E-state index >= 15 is 0 Å². The monoisotopic (exact) mass is 341 g/mol. The van der Waals surface area contributed by atoms with Gasteiger partial charge in [0.2, 0.25) is 5.91 Å². The summed E-state index contributed by atoms with van der Waals surface area (Å²) >= 11 is 0. The molecule has 0 spiro atoms. The molecule has 0 bridgehead atoms. The third kappa shape index (κ3) is 5.18. The summed E-state index contributed by atoms with van der Waals surface area (Å²) < 4.78 is 5.33. The minimum atomic E-state index is -0.0925. The van der Waals surface area contributed by atoms with Crippen LogP contribution >= 0.6 is 0 Å². The smallest absolute Gasteiger partial charge is 0.234 e. The molecule has 1 N–H and O–H groups in total. The number of carbonyl (C=O) groups is 1. The molecule has 5 nitrogen and oxygen atoms in total. The number of nitrogens with zero attached hydrogens (tertiary/aromatic N) is 2. The van der Waals surface area contributed by atoms with E-state index in [2.05, 4.69) is 46.3 Å². The molecule has 0 aliphatic carbocycles. The number of rotatable bonds is 6. The largest absolute Gasteiger partial charge is 0.467 e. The fourth-order valence-corrected chi connectivity index (χ4v) is 3.27. The van der Waals surface area contributed by atoms with E-state index in [-0.39, 0.29) is 11.9 Å². The van der Waals surface area contributed by atoms with Crippen molar-refractivity contribution in [1.29, 1.82) is 0 Å². The Morgan fingerprint density at radius 3 is 2.60 bits per heavy atom. The Morgan fingerprint density at radius 2 is 1.92 bits per heavy atom. The molecule has 0 unspecified atom stereocenters. The molecule has 1 aromatic heterocycles. The Kier molecular flexibility index (Phi) is 5.89. The molecule has 3 rings (SSSR count). The SMILES string of the molecule is Cc1cccc(CN2CCN(CC(=O)N[C@H](C)c3ccco3)CC2)c1. The first-order chi connectivity index (χ1) is 12.1. The molecule has 0 radical (unpaired) electrons. The number of hydrogen-bond acceptors (Lipinski definition) is 4. The number of aryl methyl sites for hydroxylation is 1. The number of piperazine rings is 1. The number of nitrogens with one attached hydrogen (secondary N) is 1. The second-order valence-corrected chi connectivity index (χ2v) is 6.85. The molecule has 134 valence electrons. The summed E-state index contributed by atoms with van der Waals surface area (Å²) in [4.78, 5) is 16.9. The van der Waals surface area contributed by atoms with Crippen LogP contribution < -0.4 is 5.32 Å². The molecule has 1 saturated heterocycles. The number of hydrogen-bond donors (Lipinski definition) is 1. The lowest BCUT2D eigenvalue weighted by atomic mass is 10.1. The van der Waals surface area contributed by atoms with E-state index in [9.17, 15) is 4.79 Å². The average molecular weight is 341 g/mol. The molecule has 2 heterocycles. The molecular weight excluding hydrogens is 314 g/mol. The highest BCUT2D eigenvalue weighted by Crippen LogP contribution is 2.13. The van der Waals surface area contributed by atoms with Gasteiger partial charge in [0.25, 0.3) is 0 Å². The van der Waals surface area contributed by atoms with Crippen LogP contribution in [0.1, 0.15) is 29.9 Å². The first-order valence-electron chi connectivity index (χ1n) is 8.93. The van der Waals surface area contributed by atoms with Gasteiger partial charge in [-0.1, -0.05) is 29.8 Å². The van der Waals surface area contributed by atoms with Gasteiger partial charge in [0.15, 0.2) is 0 Å². The predicted octanol–water partition coefficient (Wildman–Crippen LogP) is 2.58. The molecule has 1 aromatic carbocycles. The van der Waals surface area contributed by atoms with Crippen molar-refractivity contribution in [3.63, 3.8) is 0 Å². The summed E-state index contributed by atoms with van der Waals surface area (Å²) in [5.74, 6) is 0.840. The van der Waals surface area contributed by atoms with Crippen molar-refractivity contribution < 1.29 is 9.21 Å². The van der Waals surface area contributed by atoms with Gasteiger partial charge in [0.1, 0.15) is 5.76 Å². The number of benzene rings is 1. The van der Waals surface area contributed by atoms with E-state index in [4.69, 9.17) is 4.42 Å². The van der Waals surface area contributed by atoms with Crippen molar-refractivity contribution in [2.24, 2.45) is 0 Å². The first-order valence-corrected chi connectivity index (χ1v) is 8.93. The van der Waals surface area contributed by atoms with Crippen LogP contribution in [0.15, 0.2) is 47.1 Å². The zero-order valence-electron chi connectivity index (χ0n) is 15.1. The van der Waals surface area contributed by atoms with Crippen LogP contribution in [0.2, 0.25) is 0 Å². The van der Waals surface area contributed by atoms with E-state index in [0.29, 0.717) is 6.54 Å². The summed E-state index contributed by atoms with van der Waals surface area (Å²) in [6.45, 7) is 9.34. The molecule has 1 aliphatic rings. The third-order valence-electron chi connectivity index (χ3n) is 4.67. The highest BCUT2D eigenvalue weighted by atomic mass is 16.3. The maximum atomic E-state index is 12.2. The minimum Gasteiger partial charge on any atom is -0.467 e. The van der Waals surface area contributed by atoms with Crippen molar-refractivity contribution in [2.45, 2.75) is 26.4 Å². The summed E-state index contributed by atoms with van der Waals surface area (Å²) in [5, 5.41) is 3.00. The lowest BCUT2D eigenvalue weighted by Gasteiger charge is -2.34. The predicted molar refractivity (Wildman–Crippen MR) is 98.2 cm³/mol. The van der Waals surface area contributed by atoms with Crippen molar-refractivity contribution in [3.05, 3.63) is 59.5 Å². The van der Waals surface area contributed by atoms with Crippen LogP contribution in [-0.2, 0) is 11.3 Å². The van der Waals surface area contributed by atoms with E-state index in [1.165, 1.54) is 11.1 Å². The summed E-state index contributed by atoms with van der Waals surface area (Å²) in [7, 11) is 0. The zero-order valence-corrected chi connectivity index (χ0v) is 15.1. The Bertz CT molecular complexity index is 676. The Hall–Kier alpha value is -2.11. The molecule has 1 atom stereocenters. The van der Waals surface area contributed by atoms with Gasteiger partial charge in [0.05, 0.1) is 18.8 Å². The van der Waals surface area contributed by atoms with Crippen molar-refractivity contribution in [1.82, 2.24) is 15.1 Å². The third-order valence-corrected chi connectivity index (χ3v) is 4.67. The number of amides is 1. The Labute approximate surface area is 149 Å². The quantitative estimate of drug-likeness (QED) is 0.877. The zero-order chi connectivity index (χ0) is 17.6. The first kappa shape index (κ1) is 17.7. The van der Waals surface area contributed by atoms with E-state index < -0.39 is 0 Å². The van der Waals surface area contributed by atoms with Crippen molar-refractivity contribution in [3.8, 4) is 0 Å². The molecular formula is C20H27N3O2. The molecule has 0 saturated carbocycles. The average Bonchev–Trinajstić information content (AvgIpc) is 3.11. The molecule has 25 heavy (non-hydrogen) atoms. The van der Waals surface area contributed by atoms with Crippen molar-refractivity contribution in [2.75, 3.05) is 32.7 Å². The van der Waals surface area contributed by atoms with Crippen LogP contribution in [-0.4, -0.2) is 48.4 Å². The fourth-order valence-electron chi connectivity index (χ4n) is 3.27. The van der Waals surface area contributed by atoms with Gasteiger partial charge in [-0.05, 0) is 31.5 Å². The van der Waals surface area contributed by atoms with Gasteiger partial charge < -0.3 is 9.73 Å². The fraction of sp³-hybridized carbons (Fsp3) is 0.450. The lowest BCUT2D eigenvalue weighted by molar-refractivity contribution is -0.123. The Morgan fingerprint density at radius 1 is 1.16 bits per heavy atom.